The van der Waals surface area contributed by atoms with Crippen LogP contribution in [0.5, 0.6) is 0 Å². The van der Waals surface area contributed by atoms with Crippen molar-refractivity contribution in [3.8, 4) is 0 Å². The number of aromatic nitrogens is 2. The third kappa shape index (κ3) is 3.57. The maximum atomic E-state index is 11.3. The van der Waals surface area contributed by atoms with Gasteiger partial charge in [0.2, 0.25) is 5.91 Å². The second kappa shape index (κ2) is 6.04. The lowest BCUT2D eigenvalue weighted by Crippen LogP contribution is -2.37. The van der Waals surface area contributed by atoms with Crippen molar-refractivity contribution in [3.05, 3.63) is 11.4 Å². The zero-order valence-electron chi connectivity index (χ0n) is 12.7. The molecule has 0 aliphatic rings. The number of rotatable bonds is 6. The molecule has 112 valence electrons. The average Bonchev–Trinajstić information content (AvgIpc) is 2.37. The molecule has 0 radical (unpaired) electrons. The van der Waals surface area contributed by atoms with Crippen LogP contribution in [0.2, 0.25) is 0 Å². The van der Waals surface area contributed by atoms with Gasteiger partial charge in [0.1, 0.15) is 17.5 Å². The van der Waals surface area contributed by atoms with E-state index in [1.807, 2.05) is 20.8 Å². The maximum absolute atomic E-state index is 11.3. The molecule has 0 aromatic carbocycles. The Kier molecular flexibility index (Phi) is 4.88. The smallest absolute Gasteiger partial charge is 0.224 e. The van der Waals surface area contributed by atoms with Crippen molar-refractivity contribution in [2.24, 2.45) is 17.0 Å². The fraction of sp³-hybridized carbons (Fsp3) is 0.615. The zero-order chi connectivity index (χ0) is 15.5. The van der Waals surface area contributed by atoms with Crippen molar-refractivity contribution in [1.82, 2.24) is 9.97 Å². The van der Waals surface area contributed by atoms with E-state index in [9.17, 15) is 4.79 Å². The van der Waals surface area contributed by atoms with Gasteiger partial charge in [-0.05, 0) is 20.8 Å². The number of hydrogen-bond donors (Lipinski definition) is 4. The predicted octanol–water partition coefficient (Wildman–Crippen LogP) is 1.12. The summed E-state index contributed by atoms with van der Waals surface area (Å²) in [6, 6.07) is 0. The highest BCUT2D eigenvalue weighted by molar-refractivity contribution is 5.80. The highest BCUT2D eigenvalue weighted by Gasteiger charge is 2.25. The molecule has 0 spiro atoms. The molecule has 1 aromatic heterocycles. The standard InChI is InChI=1S/C13H24N6O/c1-7(2)9-17-10(8(3)11(18-9)19-15)16-6-13(4,5)12(14)20/h7H,6,15H2,1-5H3,(H2,14,20)(H2,16,17,18,19). The summed E-state index contributed by atoms with van der Waals surface area (Å²) in [5, 5.41) is 3.16. The summed E-state index contributed by atoms with van der Waals surface area (Å²) < 4.78 is 0. The van der Waals surface area contributed by atoms with Crippen molar-refractivity contribution in [1.29, 1.82) is 0 Å². The summed E-state index contributed by atoms with van der Waals surface area (Å²) in [7, 11) is 0. The molecular weight excluding hydrogens is 256 g/mol. The van der Waals surface area contributed by atoms with E-state index < -0.39 is 5.41 Å². The molecule has 7 nitrogen and oxygen atoms in total. The first-order valence-corrected chi connectivity index (χ1v) is 6.58. The van der Waals surface area contributed by atoms with E-state index in [2.05, 4.69) is 20.7 Å². The first-order valence-electron chi connectivity index (χ1n) is 6.58. The maximum Gasteiger partial charge on any atom is 0.224 e. The normalized spacial score (nSPS) is 11.6. The number of carbonyl (C=O) groups is 1. The molecule has 0 saturated carbocycles. The van der Waals surface area contributed by atoms with Crippen molar-refractivity contribution in [2.45, 2.75) is 40.5 Å². The van der Waals surface area contributed by atoms with Crippen LogP contribution in [0.25, 0.3) is 0 Å². The number of anilines is 2. The van der Waals surface area contributed by atoms with Gasteiger partial charge in [-0.1, -0.05) is 13.8 Å². The molecule has 0 atom stereocenters. The fourth-order valence-corrected chi connectivity index (χ4v) is 1.50. The van der Waals surface area contributed by atoms with E-state index in [1.165, 1.54) is 0 Å². The van der Waals surface area contributed by atoms with E-state index in [-0.39, 0.29) is 11.8 Å². The first kappa shape index (κ1) is 16.2. The summed E-state index contributed by atoms with van der Waals surface area (Å²) in [6.07, 6.45) is 0. The summed E-state index contributed by atoms with van der Waals surface area (Å²) >= 11 is 0. The number of nitrogens with two attached hydrogens (primary N) is 2. The van der Waals surface area contributed by atoms with Crippen LogP contribution in [0, 0.1) is 12.3 Å². The van der Waals surface area contributed by atoms with Crippen LogP contribution >= 0.6 is 0 Å². The Morgan fingerprint density at radius 1 is 1.30 bits per heavy atom. The summed E-state index contributed by atoms with van der Waals surface area (Å²) in [6.45, 7) is 9.82. The number of primary amides is 1. The number of amides is 1. The highest BCUT2D eigenvalue weighted by atomic mass is 16.1. The Labute approximate surface area is 119 Å². The molecule has 1 rings (SSSR count). The second-order valence-corrected chi connectivity index (χ2v) is 5.80. The Hall–Kier alpha value is -1.89. The topological polar surface area (TPSA) is 119 Å². The van der Waals surface area contributed by atoms with Gasteiger partial charge in [0, 0.05) is 18.0 Å². The average molecular weight is 280 g/mol. The lowest BCUT2D eigenvalue weighted by Gasteiger charge is -2.22. The molecule has 0 bridgehead atoms. The lowest BCUT2D eigenvalue weighted by molar-refractivity contribution is -0.125. The minimum absolute atomic E-state index is 0.174. The number of nitrogens with one attached hydrogen (secondary N) is 2. The SMILES string of the molecule is Cc1c(NN)nc(C(C)C)nc1NCC(C)(C)C(N)=O. The third-order valence-electron chi connectivity index (χ3n) is 3.18. The minimum Gasteiger partial charge on any atom is -0.369 e. The van der Waals surface area contributed by atoms with Gasteiger partial charge in [-0.3, -0.25) is 4.79 Å². The van der Waals surface area contributed by atoms with E-state index >= 15 is 0 Å². The second-order valence-electron chi connectivity index (χ2n) is 5.80. The number of hydrazine groups is 1. The molecule has 0 fully saturated rings. The summed E-state index contributed by atoms with van der Waals surface area (Å²) in [5.74, 6) is 7.20. The molecule has 0 aliphatic carbocycles. The Morgan fingerprint density at radius 3 is 2.30 bits per heavy atom. The van der Waals surface area contributed by atoms with Crippen molar-refractivity contribution in [2.75, 3.05) is 17.3 Å². The van der Waals surface area contributed by atoms with Crippen LogP contribution in [0.4, 0.5) is 11.6 Å². The van der Waals surface area contributed by atoms with Gasteiger partial charge in [0.05, 0.1) is 5.41 Å². The zero-order valence-corrected chi connectivity index (χ0v) is 12.7. The number of hydrogen-bond acceptors (Lipinski definition) is 6. The number of nitrogen functional groups attached to an aromatic ring is 1. The molecule has 1 heterocycles. The molecule has 0 aliphatic heterocycles. The van der Waals surface area contributed by atoms with Gasteiger partial charge in [0.25, 0.3) is 0 Å². The molecular formula is C13H24N6O. The van der Waals surface area contributed by atoms with Gasteiger partial charge in [-0.2, -0.15) is 0 Å². The van der Waals surface area contributed by atoms with Crippen molar-refractivity contribution < 1.29 is 4.79 Å². The largest absolute Gasteiger partial charge is 0.369 e. The summed E-state index contributed by atoms with van der Waals surface area (Å²) in [5.41, 5.74) is 8.07. The van der Waals surface area contributed by atoms with Crippen LogP contribution in [0.15, 0.2) is 0 Å². The summed E-state index contributed by atoms with van der Waals surface area (Å²) in [4.78, 5) is 20.2. The Bertz CT molecular complexity index is 498. The monoisotopic (exact) mass is 280 g/mol. The van der Waals surface area contributed by atoms with E-state index in [0.29, 0.717) is 24.0 Å². The van der Waals surface area contributed by atoms with E-state index in [1.54, 1.807) is 13.8 Å². The Morgan fingerprint density at radius 2 is 1.85 bits per heavy atom. The lowest BCUT2D eigenvalue weighted by atomic mass is 9.93. The number of carbonyl (C=O) groups excluding carboxylic acids is 1. The van der Waals surface area contributed by atoms with Crippen LogP contribution in [-0.4, -0.2) is 22.4 Å². The first-order chi connectivity index (χ1) is 9.19. The van der Waals surface area contributed by atoms with E-state index in [0.717, 1.165) is 5.56 Å². The van der Waals surface area contributed by atoms with Crippen LogP contribution in [-0.2, 0) is 4.79 Å². The van der Waals surface area contributed by atoms with Crippen LogP contribution in [0.3, 0.4) is 0 Å². The van der Waals surface area contributed by atoms with Gasteiger partial charge in [0.15, 0.2) is 0 Å². The molecule has 0 unspecified atom stereocenters. The molecule has 20 heavy (non-hydrogen) atoms. The van der Waals surface area contributed by atoms with Gasteiger partial charge < -0.3 is 16.5 Å². The quantitative estimate of drug-likeness (QED) is 0.458. The van der Waals surface area contributed by atoms with Crippen molar-refractivity contribution >= 4 is 17.5 Å². The fourth-order valence-electron chi connectivity index (χ4n) is 1.50. The molecule has 1 aromatic rings. The highest BCUT2D eigenvalue weighted by Crippen LogP contribution is 2.24. The molecule has 0 saturated heterocycles. The molecule has 7 heteroatoms. The Balaban J connectivity index is 3.05. The van der Waals surface area contributed by atoms with Gasteiger partial charge >= 0.3 is 0 Å². The molecule has 6 N–H and O–H groups in total. The molecule has 1 amide bonds. The van der Waals surface area contributed by atoms with Gasteiger partial charge in [-0.15, -0.1) is 0 Å². The van der Waals surface area contributed by atoms with Crippen molar-refractivity contribution in [3.63, 3.8) is 0 Å². The number of nitrogens with zero attached hydrogens (tertiary/aromatic N) is 2. The van der Waals surface area contributed by atoms with Crippen LogP contribution in [0.1, 0.15) is 45.0 Å². The van der Waals surface area contributed by atoms with E-state index in [4.69, 9.17) is 11.6 Å². The van der Waals surface area contributed by atoms with Gasteiger partial charge in [-0.25, -0.2) is 15.8 Å². The predicted molar refractivity (Wildman–Crippen MR) is 80.1 cm³/mol. The third-order valence-corrected chi connectivity index (χ3v) is 3.18. The van der Waals surface area contributed by atoms with Crippen LogP contribution < -0.4 is 22.3 Å². The minimum atomic E-state index is -0.661.